The lowest BCUT2D eigenvalue weighted by Crippen LogP contribution is -2.13. The van der Waals surface area contributed by atoms with Gasteiger partial charge in [0, 0.05) is 22.6 Å². The molecule has 0 aliphatic rings. The minimum absolute atomic E-state index is 0.297. The van der Waals surface area contributed by atoms with E-state index >= 15 is 0 Å². The molecule has 0 aromatic heterocycles. The third kappa shape index (κ3) is 5.13. The minimum atomic E-state index is -0.524. The number of rotatable bonds is 5. The van der Waals surface area contributed by atoms with Crippen LogP contribution in [0.4, 0.5) is 26.7 Å². The maximum atomic E-state index is 11.4. The zero-order chi connectivity index (χ0) is 18.2. The quantitative estimate of drug-likeness (QED) is 0.710. The van der Waals surface area contributed by atoms with Crippen LogP contribution in [0.3, 0.4) is 0 Å². The van der Waals surface area contributed by atoms with Gasteiger partial charge in [-0.1, -0.05) is 18.2 Å². The Morgan fingerprint density at radius 1 is 0.880 bits per heavy atom. The van der Waals surface area contributed by atoms with Gasteiger partial charge in [-0.05, 0) is 43.7 Å². The number of hydrogen-bond acceptors (Lipinski definition) is 5. The molecule has 0 atom stereocenters. The van der Waals surface area contributed by atoms with E-state index in [-0.39, 0.29) is 0 Å². The van der Waals surface area contributed by atoms with Crippen LogP contribution in [-0.2, 0) is 9.47 Å². The van der Waals surface area contributed by atoms with Gasteiger partial charge < -0.3 is 15.2 Å². The number of hydrogen-bond donors (Lipinski definition) is 3. The normalized spacial score (nSPS) is 10.0. The molecule has 0 bridgehead atoms. The topological polar surface area (TPSA) is 103 Å². The number of anilines is 3. The van der Waals surface area contributed by atoms with E-state index in [9.17, 15) is 9.59 Å². The lowest BCUT2D eigenvalue weighted by atomic mass is 10.0. The van der Waals surface area contributed by atoms with Crippen LogP contribution in [0.5, 0.6) is 0 Å². The Labute approximate surface area is 146 Å². The van der Waals surface area contributed by atoms with Crippen LogP contribution in [-0.4, -0.2) is 25.4 Å². The Kier molecular flexibility index (Phi) is 6.22. The van der Waals surface area contributed by atoms with Gasteiger partial charge in [0.2, 0.25) is 0 Å². The smallest absolute Gasteiger partial charge is 0.411 e. The van der Waals surface area contributed by atoms with Crippen LogP contribution >= 0.6 is 0 Å². The highest BCUT2D eigenvalue weighted by Gasteiger charge is 2.08. The third-order valence-corrected chi connectivity index (χ3v) is 3.29. The van der Waals surface area contributed by atoms with Crippen LogP contribution in [0.2, 0.25) is 0 Å². The van der Waals surface area contributed by atoms with Crippen molar-refractivity contribution in [2.45, 2.75) is 13.8 Å². The molecule has 7 heteroatoms. The third-order valence-electron chi connectivity index (χ3n) is 3.29. The van der Waals surface area contributed by atoms with Gasteiger partial charge >= 0.3 is 12.2 Å². The zero-order valence-electron chi connectivity index (χ0n) is 14.2. The fourth-order valence-corrected chi connectivity index (χ4v) is 2.21. The van der Waals surface area contributed by atoms with Crippen LogP contribution < -0.4 is 16.4 Å². The zero-order valence-corrected chi connectivity index (χ0v) is 14.2. The molecule has 7 nitrogen and oxygen atoms in total. The number of nitrogen functional groups attached to an aromatic ring is 1. The number of amides is 2. The van der Waals surface area contributed by atoms with E-state index < -0.39 is 12.2 Å². The average molecular weight is 343 g/mol. The molecule has 0 fully saturated rings. The summed E-state index contributed by atoms with van der Waals surface area (Å²) in [4.78, 5) is 22.8. The van der Waals surface area contributed by atoms with Gasteiger partial charge in [-0.3, -0.25) is 10.6 Å². The van der Waals surface area contributed by atoms with Crippen molar-refractivity contribution in [1.82, 2.24) is 0 Å². The summed E-state index contributed by atoms with van der Waals surface area (Å²) in [6.07, 6.45) is -1.02. The largest absolute Gasteiger partial charge is 0.450 e. The number of carbonyl (C=O) groups excluding carboxylic acids is 2. The fraction of sp³-hybridized carbons (Fsp3) is 0.222. The highest BCUT2D eigenvalue weighted by atomic mass is 16.6. The second kappa shape index (κ2) is 8.58. The summed E-state index contributed by atoms with van der Waals surface area (Å²) in [6.45, 7) is 4.08. The molecule has 2 rings (SSSR count). The highest BCUT2D eigenvalue weighted by molar-refractivity contribution is 5.89. The molecule has 25 heavy (non-hydrogen) atoms. The molecule has 0 spiro atoms. The van der Waals surface area contributed by atoms with E-state index in [0.29, 0.717) is 30.3 Å². The van der Waals surface area contributed by atoms with Crippen molar-refractivity contribution in [2.75, 3.05) is 29.6 Å². The summed E-state index contributed by atoms with van der Waals surface area (Å²) in [5.41, 5.74) is 9.48. The van der Waals surface area contributed by atoms with Crippen LogP contribution in [0, 0.1) is 0 Å². The van der Waals surface area contributed by atoms with Gasteiger partial charge in [-0.25, -0.2) is 9.59 Å². The van der Waals surface area contributed by atoms with E-state index in [1.54, 1.807) is 38.1 Å². The van der Waals surface area contributed by atoms with E-state index in [0.717, 1.165) is 11.1 Å². The van der Waals surface area contributed by atoms with E-state index in [1.165, 1.54) is 0 Å². The first-order valence-electron chi connectivity index (χ1n) is 7.91. The summed E-state index contributed by atoms with van der Waals surface area (Å²) in [6, 6.07) is 12.4. The SMILES string of the molecule is CCOC(=O)Nc1ccc(-c2ccc(NC(=O)OCC)cc2N)cc1. The van der Waals surface area contributed by atoms with Gasteiger partial charge in [0.05, 0.1) is 13.2 Å². The highest BCUT2D eigenvalue weighted by Crippen LogP contribution is 2.29. The van der Waals surface area contributed by atoms with E-state index in [4.69, 9.17) is 15.2 Å². The molecule has 0 radical (unpaired) electrons. The second-order valence-corrected chi connectivity index (χ2v) is 5.07. The number of benzene rings is 2. The number of nitrogens with two attached hydrogens (primary N) is 1. The Hall–Kier alpha value is -3.22. The number of carbonyl (C=O) groups is 2. The molecule has 4 N–H and O–H groups in total. The van der Waals surface area contributed by atoms with E-state index in [2.05, 4.69) is 10.6 Å². The van der Waals surface area contributed by atoms with Crippen molar-refractivity contribution in [3.63, 3.8) is 0 Å². The van der Waals surface area contributed by atoms with Gasteiger partial charge in [-0.2, -0.15) is 0 Å². The lowest BCUT2D eigenvalue weighted by Gasteiger charge is -2.11. The van der Waals surface area contributed by atoms with Crippen LogP contribution in [0.25, 0.3) is 11.1 Å². The molecule has 0 aliphatic heterocycles. The molecule has 0 saturated heterocycles. The first-order chi connectivity index (χ1) is 12.0. The Morgan fingerprint density at radius 2 is 1.40 bits per heavy atom. The van der Waals surface area contributed by atoms with Crippen molar-refractivity contribution in [3.05, 3.63) is 42.5 Å². The average Bonchev–Trinajstić information content (AvgIpc) is 2.56. The van der Waals surface area contributed by atoms with Gasteiger partial charge in [0.15, 0.2) is 0 Å². The van der Waals surface area contributed by atoms with Crippen molar-refractivity contribution in [1.29, 1.82) is 0 Å². The molecule has 0 aliphatic carbocycles. The van der Waals surface area contributed by atoms with Gasteiger partial charge in [0.1, 0.15) is 0 Å². The van der Waals surface area contributed by atoms with Crippen molar-refractivity contribution in [2.24, 2.45) is 0 Å². The molecular formula is C18H21N3O4. The summed E-state index contributed by atoms with van der Waals surface area (Å²) >= 11 is 0. The second-order valence-electron chi connectivity index (χ2n) is 5.07. The number of ether oxygens (including phenoxy) is 2. The summed E-state index contributed by atoms with van der Waals surface area (Å²) in [7, 11) is 0. The maximum absolute atomic E-state index is 11.4. The molecule has 0 heterocycles. The first-order valence-corrected chi connectivity index (χ1v) is 7.91. The van der Waals surface area contributed by atoms with Gasteiger partial charge in [-0.15, -0.1) is 0 Å². The summed E-state index contributed by atoms with van der Waals surface area (Å²) in [5.74, 6) is 0. The number of nitrogens with one attached hydrogen (secondary N) is 2. The molecule has 2 aromatic rings. The molecular weight excluding hydrogens is 322 g/mol. The first kappa shape index (κ1) is 18.1. The van der Waals surface area contributed by atoms with Crippen LogP contribution in [0.1, 0.15) is 13.8 Å². The Morgan fingerprint density at radius 3 is 1.92 bits per heavy atom. The van der Waals surface area contributed by atoms with Crippen molar-refractivity contribution in [3.8, 4) is 11.1 Å². The molecule has 0 saturated carbocycles. The summed E-state index contributed by atoms with van der Waals surface area (Å²) < 4.78 is 9.65. The molecule has 0 unspecified atom stereocenters. The van der Waals surface area contributed by atoms with Crippen molar-refractivity contribution < 1.29 is 19.1 Å². The Bertz CT molecular complexity index is 744. The maximum Gasteiger partial charge on any atom is 0.411 e. The predicted octanol–water partition coefficient (Wildman–Crippen LogP) is 4.07. The van der Waals surface area contributed by atoms with Crippen molar-refractivity contribution >= 4 is 29.2 Å². The molecule has 2 amide bonds. The summed E-state index contributed by atoms with van der Waals surface area (Å²) in [5, 5.41) is 5.23. The molecule has 2 aromatic carbocycles. The van der Waals surface area contributed by atoms with E-state index in [1.807, 2.05) is 18.2 Å². The predicted molar refractivity (Wildman–Crippen MR) is 97.6 cm³/mol. The van der Waals surface area contributed by atoms with Gasteiger partial charge in [0.25, 0.3) is 0 Å². The minimum Gasteiger partial charge on any atom is -0.450 e. The standard InChI is InChI=1S/C18H21N3O4/c1-3-24-17(22)20-13-7-5-12(6-8-13)15-10-9-14(11-16(15)19)21-18(23)25-4-2/h5-11H,3-4,19H2,1-2H3,(H,20,22)(H,21,23). The Balaban J connectivity index is 2.10. The molecule has 132 valence electrons. The lowest BCUT2D eigenvalue weighted by molar-refractivity contribution is 0.167. The fourth-order valence-electron chi connectivity index (χ4n) is 2.21. The van der Waals surface area contributed by atoms with Crippen LogP contribution in [0.15, 0.2) is 42.5 Å². The monoisotopic (exact) mass is 343 g/mol.